The molecule has 2 rings (SSSR count). The first-order valence-electron chi connectivity index (χ1n) is 6.52. The molecule has 108 valence electrons. The van der Waals surface area contributed by atoms with E-state index in [-0.39, 0.29) is 5.91 Å². The van der Waals surface area contributed by atoms with E-state index >= 15 is 0 Å². The van der Waals surface area contributed by atoms with Gasteiger partial charge in [0.1, 0.15) is 4.99 Å². The van der Waals surface area contributed by atoms with Crippen molar-refractivity contribution in [3.05, 3.63) is 58.9 Å². The zero-order valence-corrected chi connectivity index (χ0v) is 13.1. The molecule has 1 amide bonds. The van der Waals surface area contributed by atoms with Gasteiger partial charge in [-0.15, -0.1) is 0 Å². The number of aromatic nitrogens is 1. The van der Waals surface area contributed by atoms with Crippen LogP contribution in [0.15, 0.2) is 36.4 Å². The molecule has 0 aliphatic heterocycles. The highest BCUT2D eigenvalue weighted by atomic mass is 32.1. The van der Waals surface area contributed by atoms with Crippen LogP contribution in [0.2, 0.25) is 0 Å². The van der Waals surface area contributed by atoms with E-state index < -0.39 is 0 Å². The van der Waals surface area contributed by atoms with Crippen molar-refractivity contribution >= 4 is 28.8 Å². The lowest BCUT2D eigenvalue weighted by Gasteiger charge is -2.19. The average molecular weight is 299 g/mol. The highest BCUT2D eigenvalue weighted by Crippen LogP contribution is 2.18. The largest absolute Gasteiger partial charge is 0.389 e. The van der Waals surface area contributed by atoms with E-state index in [0.29, 0.717) is 10.6 Å². The zero-order valence-electron chi connectivity index (χ0n) is 12.3. The highest BCUT2D eigenvalue weighted by Gasteiger charge is 2.16. The number of thiocarbonyl (C=S) groups is 1. The predicted octanol–water partition coefficient (Wildman–Crippen LogP) is 2.61. The van der Waals surface area contributed by atoms with Crippen LogP contribution < -0.4 is 10.6 Å². The second-order valence-electron chi connectivity index (χ2n) is 4.86. The van der Waals surface area contributed by atoms with E-state index in [4.69, 9.17) is 18.0 Å². The third-order valence-electron chi connectivity index (χ3n) is 3.28. The van der Waals surface area contributed by atoms with Crippen molar-refractivity contribution in [2.45, 2.75) is 13.8 Å². The molecule has 0 fully saturated rings. The van der Waals surface area contributed by atoms with Gasteiger partial charge in [-0.05, 0) is 38.1 Å². The van der Waals surface area contributed by atoms with Crippen LogP contribution in [0, 0.1) is 13.8 Å². The summed E-state index contributed by atoms with van der Waals surface area (Å²) >= 11 is 4.97. The molecule has 2 aromatic rings. The number of hydrogen-bond acceptors (Lipinski definition) is 3. The summed E-state index contributed by atoms with van der Waals surface area (Å²) in [5, 5.41) is 0. The number of nitrogens with two attached hydrogens (primary N) is 1. The monoisotopic (exact) mass is 299 g/mol. The van der Waals surface area contributed by atoms with E-state index in [2.05, 4.69) is 4.98 Å². The molecular formula is C16H17N3OS. The Kier molecular flexibility index (Phi) is 4.33. The summed E-state index contributed by atoms with van der Waals surface area (Å²) in [5.41, 5.74) is 9.30. The molecule has 2 N–H and O–H groups in total. The van der Waals surface area contributed by atoms with Crippen LogP contribution in [0.3, 0.4) is 0 Å². The molecule has 0 bridgehead atoms. The molecular weight excluding hydrogens is 282 g/mol. The van der Waals surface area contributed by atoms with Crippen LogP contribution in [0.4, 0.5) is 5.69 Å². The van der Waals surface area contributed by atoms with Crippen molar-refractivity contribution in [3.63, 3.8) is 0 Å². The Morgan fingerprint density at radius 2 is 1.95 bits per heavy atom. The standard InChI is InChI=1S/C16H17N3OS/c1-10-7-8-14(11(2)18-10)16(20)19(3)13-6-4-5-12(9-13)15(17)21/h4-9H,1-3H3,(H2,17,21). The second-order valence-corrected chi connectivity index (χ2v) is 5.30. The van der Waals surface area contributed by atoms with Crippen LogP contribution in [0.5, 0.6) is 0 Å². The number of anilines is 1. The fraction of sp³-hybridized carbons (Fsp3) is 0.188. The molecule has 0 saturated heterocycles. The van der Waals surface area contributed by atoms with Crippen molar-refractivity contribution in [3.8, 4) is 0 Å². The maximum atomic E-state index is 12.6. The van der Waals surface area contributed by atoms with Gasteiger partial charge in [0.05, 0.1) is 11.3 Å². The molecule has 21 heavy (non-hydrogen) atoms. The second kappa shape index (κ2) is 6.01. The number of amides is 1. The number of benzene rings is 1. The number of carbonyl (C=O) groups is 1. The number of carbonyl (C=O) groups excluding carboxylic acids is 1. The third kappa shape index (κ3) is 3.25. The Morgan fingerprint density at radius 1 is 1.24 bits per heavy atom. The Hall–Kier alpha value is -2.27. The van der Waals surface area contributed by atoms with Gasteiger partial charge in [-0.3, -0.25) is 9.78 Å². The molecule has 1 aromatic heterocycles. The fourth-order valence-corrected chi connectivity index (χ4v) is 2.21. The van der Waals surface area contributed by atoms with Crippen LogP contribution in [-0.2, 0) is 0 Å². The van der Waals surface area contributed by atoms with Crippen LogP contribution >= 0.6 is 12.2 Å². The van der Waals surface area contributed by atoms with Gasteiger partial charge in [0.25, 0.3) is 5.91 Å². The van der Waals surface area contributed by atoms with Gasteiger partial charge in [0.15, 0.2) is 0 Å². The lowest BCUT2D eigenvalue weighted by atomic mass is 10.1. The molecule has 1 aromatic carbocycles. The Labute approximate surface area is 129 Å². The summed E-state index contributed by atoms with van der Waals surface area (Å²) in [4.78, 5) is 18.8. The van der Waals surface area contributed by atoms with Crippen molar-refractivity contribution in [1.82, 2.24) is 4.98 Å². The van der Waals surface area contributed by atoms with E-state index in [1.54, 1.807) is 24.1 Å². The van der Waals surface area contributed by atoms with Crippen molar-refractivity contribution in [2.24, 2.45) is 5.73 Å². The summed E-state index contributed by atoms with van der Waals surface area (Å²) in [6.45, 7) is 3.73. The lowest BCUT2D eigenvalue weighted by Crippen LogP contribution is -2.27. The molecule has 0 spiro atoms. The Bertz CT molecular complexity index is 712. The molecule has 4 nitrogen and oxygen atoms in total. The lowest BCUT2D eigenvalue weighted by molar-refractivity contribution is 0.0992. The predicted molar refractivity (Wildman–Crippen MR) is 88.8 cm³/mol. The van der Waals surface area contributed by atoms with Crippen LogP contribution in [0.1, 0.15) is 27.3 Å². The maximum Gasteiger partial charge on any atom is 0.259 e. The van der Waals surface area contributed by atoms with Crippen molar-refractivity contribution < 1.29 is 4.79 Å². The minimum atomic E-state index is -0.111. The van der Waals surface area contributed by atoms with Crippen molar-refractivity contribution in [2.75, 3.05) is 11.9 Å². The van der Waals surface area contributed by atoms with E-state index in [9.17, 15) is 4.79 Å². The van der Waals surface area contributed by atoms with Gasteiger partial charge in [0.2, 0.25) is 0 Å². The smallest absolute Gasteiger partial charge is 0.259 e. The summed E-state index contributed by atoms with van der Waals surface area (Å²) in [6.07, 6.45) is 0. The zero-order chi connectivity index (χ0) is 15.6. The number of aryl methyl sites for hydroxylation is 2. The van der Waals surface area contributed by atoms with Gasteiger partial charge in [-0.25, -0.2) is 0 Å². The fourth-order valence-electron chi connectivity index (χ4n) is 2.08. The molecule has 5 heteroatoms. The van der Waals surface area contributed by atoms with Crippen LogP contribution in [-0.4, -0.2) is 22.9 Å². The van der Waals surface area contributed by atoms with Gasteiger partial charge in [-0.1, -0.05) is 24.4 Å². The normalized spacial score (nSPS) is 10.2. The molecule has 1 heterocycles. The maximum absolute atomic E-state index is 12.6. The Morgan fingerprint density at radius 3 is 2.57 bits per heavy atom. The van der Waals surface area contributed by atoms with Gasteiger partial charge >= 0.3 is 0 Å². The Balaban J connectivity index is 2.35. The SMILES string of the molecule is Cc1ccc(C(=O)N(C)c2cccc(C(N)=S)c2)c(C)n1. The van der Waals surface area contributed by atoms with E-state index in [0.717, 1.165) is 22.6 Å². The first-order chi connectivity index (χ1) is 9.90. The number of rotatable bonds is 3. The van der Waals surface area contributed by atoms with Gasteiger partial charge in [0, 0.05) is 24.0 Å². The number of nitrogens with zero attached hydrogens (tertiary/aromatic N) is 2. The molecule has 0 aliphatic rings. The molecule has 0 radical (unpaired) electrons. The van der Waals surface area contributed by atoms with Gasteiger partial charge < -0.3 is 10.6 Å². The first-order valence-corrected chi connectivity index (χ1v) is 6.93. The minimum Gasteiger partial charge on any atom is -0.389 e. The number of pyridine rings is 1. The molecule has 0 saturated carbocycles. The summed E-state index contributed by atoms with van der Waals surface area (Å²) in [6, 6.07) is 10.9. The summed E-state index contributed by atoms with van der Waals surface area (Å²) < 4.78 is 0. The molecule has 0 atom stereocenters. The number of hydrogen-bond donors (Lipinski definition) is 1. The topological polar surface area (TPSA) is 59.2 Å². The van der Waals surface area contributed by atoms with E-state index in [1.807, 2.05) is 38.1 Å². The van der Waals surface area contributed by atoms with Crippen molar-refractivity contribution in [1.29, 1.82) is 0 Å². The minimum absolute atomic E-state index is 0.111. The summed E-state index contributed by atoms with van der Waals surface area (Å²) in [5.74, 6) is -0.111. The van der Waals surface area contributed by atoms with Gasteiger partial charge in [-0.2, -0.15) is 0 Å². The third-order valence-corrected chi connectivity index (χ3v) is 3.51. The van der Waals surface area contributed by atoms with E-state index in [1.165, 1.54) is 0 Å². The molecule has 0 aliphatic carbocycles. The van der Waals surface area contributed by atoms with Crippen LogP contribution in [0.25, 0.3) is 0 Å². The quantitative estimate of drug-likeness (QED) is 0.885. The first kappa shape index (κ1) is 15.1. The summed E-state index contributed by atoms with van der Waals surface area (Å²) in [7, 11) is 1.72. The molecule has 0 unspecified atom stereocenters. The average Bonchev–Trinajstić information content (AvgIpc) is 2.46. The highest BCUT2D eigenvalue weighted by molar-refractivity contribution is 7.80.